The molecule has 0 spiro atoms. The molecule has 1 amide bonds. The predicted octanol–water partition coefficient (Wildman–Crippen LogP) is 3.52. The summed E-state index contributed by atoms with van der Waals surface area (Å²) in [5.74, 6) is -2.39. The number of nitrogens with zero attached hydrogens (tertiary/aromatic N) is 4. The summed E-state index contributed by atoms with van der Waals surface area (Å²) < 4.78 is 45.7. The molecule has 0 bridgehead atoms. The van der Waals surface area contributed by atoms with Crippen molar-refractivity contribution in [3.05, 3.63) is 65.1 Å². The Hall–Kier alpha value is -3.27. The molecule has 0 aliphatic carbocycles. The maximum Gasteiger partial charge on any atom is 0.230 e. The van der Waals surface area contributed by atoms with Gasteiger partial charge in [-0.25, -0.2) is 13.2 Å². The first kappa shape index (κ1) is 22.9. The number of aromatic nitrogens is 3. The van der Waals surface area contributed by atoms with Crippen LogP contribution in [0.1, 0.15) is 42.3 Å². The van der Waals surface area contributed by atoms with Crippen molar-refractivity contribution in [2.45, 2.75) is 44.6 Å². The quantitative estimate of drug-likeness (QED) is 0.567. The predicted molar refractivity (Wildman–Crippen MR) is 113 cm³/mol. The maximum atomic E-state index is 13.8. The lowest BCUT2D eigenvalue weighted by molar-refractivity contribution is -0.132. The standard InChI is InChI=1S/C23H24F3N5O2/c1-13-2-3-15(12-28-13)22-29-23(33-30-22)14-4-6-31(7-5-14)21(32)10-17(27)8-16-9-19(25)20(26)11-18(16)24/h2-3,9,11-12,14,17H,4-8,10,27H2,1H3/t17-/m1/s1. The summed E-state index contributed by atoms with van der Waals surface area (Å²) in [4.78, 5) is 23.0. The van der Waals surface area contributed by atoms with Gasteiger partial charge in [-0.3, -0.25) is 9.78 Å². The molecule has 3 heterocycles. The number of likely N-dealkylation sites (tertiary alicyclic amines) is 1. The first-order valence-corrected chi connectivity index (χ1v) is 10.7. The zero-order valence-electron chi connectivity index (χ0n) is 18.1. The Labute approximate surface area is 188 Å². The Bertz CT molecular complexity index is 1130. The highest BCUT2D eigenvalue weighted by atomic mass is 19.2. The Balaban J connectivity index is 1.29. The first-order chi connectivity index (χ1) is 15.8. The van der Waals surface area contributed by atoms with Gasteiger partial charge in [-0.15, -0.1) is 0 Å². The lowest BCUT2D eigenvalue weighted by Gasteiger charge is -2.31. The van der Waals surface area contributed by atoms with Crippen LogP contribution in [0, 0.1) is 24.4 Å². The molecule has 1 saturated heterocycles. The van der Waals surface area contributed by atoms with Gasteiger partial charge in [-0.1, -0.05) is 5.16 Å². The highest BCUT2D eigenvalue weighted by Crippen LogP contribution is 2.29. The molecule has 7 nitrogen and oxygen atoms in total. The second-order valence-electron chi connectivity index (χ2n) is 8.33. The zero-order chi connectivity index (χ0) is 23.5. The molecule has 2 N–H and O–H groups in total. The third kappa shape index (κ3) is 5.39. The van der Waals surface area contributed by atoms with Crippen LogP contribution >= 0.6 is 0 Å². The Morgan fingerprint density at radius 2 is 1.91 bits per heavy atom. The van der Waals surface area contributed by atoms with E-state index in [2.05, 4.69) is 15.1 Å². The van der Waals surface area contributed by atoms with E-state index in [0.717, 1.165) is 17.3 Å². The van der Waals surface area contributed by atoms with Gasteiger partial charge in [0.25, 0.3) is 0 Å². The average Bonchev–Trinajstić information content (AvgIpc) is 3.28. The highest BCUT2D eigenvalue weighted by Gasteiger charge is 2.28. The molecule has 1 fully saturated rings. The van der Waals surface area contributed by atoms with Crippen molar-refractivity contribution in [3.63, 3.8) is 0 Å². The van der Waals surface area contributed by atoms with Gasteiger partial charge < -0.3 is 15.2 Å². The summed E-state index contributed by atoms with van der Waals surface area (Å²) in [6.07, 6.45) is 2.93. The van der Waals surface area contributed by atoms with E-state index in [-0.39, 0.29) is 30.2 Å². The number of pyridine rings is 1. The van der Waals surface area contributed by atoms with Crippen molar-refractivity contribution in [1.29, 1.82) is 0 Å². The van der Waals surface area contributed by atoms with Crippen molar-refractivity contribution < 1.29 is 22.5 Å². The first-order valence-electron chi connectivity index (χ1n) is 10.7. The van der Waals surface area contributed by atoms with E-state index in [1.165, 1.54) is 0 Å². The second kappa shape index (κ2) is 9.70. The van der Waals surface area contributed by atoms with Gasteiger partial charge in [-0.05, 0) is 49.9 Å². The van der Waals surface area contributed by atoms with Crippen molar-refractivity contribution in [3.8, 4) is 11.4 Å². The molecule has 1 aliphatic heterocycles. The number of halogens is 3. The van der Waals surface area contributed by atoms with E-state index in [9.17, 15) is 18.0 Å². The van der Waals surface area contributed by atoms with Crippen LogP contribution in [-0.4, -0.2) is 45.1 Å². The number of aryl methyl sites for hydroxylation is 1. The van der Waals surface area contributed by atoms with Gasteiger partial charge in [0, 0.05) is 55.0 Å². The number of carbonyl (C=O) groups is 1. The van der Waals surface area contributed by atoms with Crippen LogP contribution in [-0.2, 0) is 11.2 Å². The van der Waals surface area contributed by atoms with Crippen LogP contribution in [0.5, 0.6) is 0 Å². The van der Waals surface area contributed by atoms with Crippen molar-refractivity contribution in [1.82, 2.24) is 20.0 Å². The summed E-state index contributed by atoms with van der Waals surface area (Å²) in [6, 6.07) is 4.32. The van der Waals surface area contributed by atoms with Crippen LogP contribution in [0.4, 0.5) is 13.2 Å². The van der Waals surface area contributed by atoms with Crippen molar-refractivity contribution >= 4 is 5.91 Å². The fraction of sp³-hybridized carbons (Fsp3) is 0.391. The van der Waals surface area contributed by atoms with Crippen LogP contribution in [0.15, 0.2) is 35.0 Å². The molecule has 10 heteroatoms. The molecule has 1 atom stereocenters. The third-order valence-electron chi connectivity index (χ3n) is 5.82. The van der Waals surface area contributed by atoms with Crippen LogP contribution < -0.4 is 5.73 Å². The lowest BCUT2D eigenvalue weighted by atomic mass is 9.96. The molecular weight excluding hydrogens is 435 g/mol. The third-order valence-corrected chi connectivity index (χ3v) is 5.82. The average molecular weight is 459 g/mol. The molecule has 3 aromatic rings. The van der Waals surface area contributed by atoms with Gasteiger partial charge in [0.15, 0.2) is 11.6 Å². The van der Waals surface area contributed by atoms with E-state index in [1.54, 1.807) is 11.1 Å². The summed E-state index contributed by atoms with van der Waals surface area (Å²) in [7, 11) is 0. The maximum absolute atomic E-state index is 13.8. The molecule has 0 radical (unpaired) electrons. The highest BCUT2D eigenvalue weighted by molar-refractivity contribution is 5.77. The van der Waals surface area contributed by atoms with Crippen LogP contribution in [0.2, 0.25) is 0 Å². The number of rotatable bonds is 6. The molecule has 0 saturated carbocycles. The lowest BCUT2D eigenvalue weighted by Crippen LogP contribution is -2.41. The number of piperidine rings is 1. The van der Waals surface area contributed by atoms with Gasteiger partial charge in [-0.2, -0.15) is 4.98 Å². The summed E-state index contributed by atoms with van der Waals surface area (Å²) >= 11 is 0. The number of nitrogens with two attached hydrogens (primary N) is 1. The summed E-state index contributed by atoms with van der Waals surface area (Å²) in [5, 5.41) is 4.04. The van der Waals surface area contributed by atoms with Crippen LogP contribution in [0.25, 0.3) is 11.4 Å². The minimum atomic E-state index is -1.26. The smallest absolute Gasteiger partial charge is 0.230 e. The van der Waals surface area contributed by atoms with E-state index >= 15 is 0 Å². The molecule has 0 unspecified atom stereocenters. The fourth-order valence-electron chi connectivity index (χ4n) is 3.92. The number of carbonyl (C=O) groups excluding carboxylic acids is 1. The van der Waals surface area contributed by atoms with E-state index in [4.69, 9.17) is 10.3 Å². The number of hydrogen-bond acceptors (Lipinski definition) is 6. The fourth-order valence-corrected chi connectivity index (χ4v) is 3.92. The van der Waals surface area contributed by atoms with E-state index in [1.807, 2.05) is 19.1 Å². The molecule has 174 valence electrons. The van der Waals surface area contributed by atoms with Crippen LogP contribution in [0.3, 0.4) is 0 Å². The number of hydrogen-bond donors (Lipinski definition) is 1. The topological polar surface area (TPSA) is 98.1 Å². The minimum absolute atomic E-state index is 0.0196. The van der Waals surface area contributed by atoms with Crippen molar-refractivity contribution in [2.24, 2.45) is 5.73 Å². The van der Waals surface area contributed by atoms with E-state index in [0.29, 0.717) is 43.7 Å². The molecule has 33 heavy (non-hydrogen) atoms. The summed E-state index contributed by atoms with van der Waals surface area (Å²) in [5.41, 5.74) is 7.61. The zero-order valence-corrected chi connectivity index (χ0v) is 18.1. The molecule has 4 rings (SSSR count). The Morgan fingerprint density at radius 1 is 1.18 bits per heavy atom. The SMILES string of the molecule is Cc1ccc(-c2noc(C3CCN(C(=O)C[C@H](N)Cc4cc(F)c(F)cc4F)CC3)n2)cn1. The molecule has 1 aromatic carbocycles. The van der Waals surface area contributed by atoms with Gasteiger partial charge in [0.05, 0.1) is 0 Å². The molecule has 1 aliphatic rings. The Morgan fingerprint density at radius 3 is 2.61 bits per heavy atom. The van der Waals surface area contributed by atoms with Crippen molar-refractivity contribution in [2.75, 3.05) is 13.1 Å². The number of amides is 1. The molecular formula is C23H24F3N5O2. The van der Waals surface area contributed by atoms with Gasteiger partial charge in [0.2, 0.25) is 17.6 Å². The van der Waals surface area contributed by atoms with E-state index < -0.39 is 23.5 Å². The van der Waals surface area contributed by atoms with Gasteiger partial charge in [0.1, 0.15) is 5.82 Å². The largest absolute Gasteiger partial charge is 0.343 e. The van der Waals surface area contributed by atoms with Gasteiger partial charge >= 0.3 is 0 Å². The monoisotopic (exact) mass is 459 g/mol. The second-order valence-corrected chi connectivity index (χ2v) is 8.33. The Kier molecular flexibility index (Phi) is 6.73. The molecule has 2 aromatic heterocycles. The minimum Gasteiger partial charge on any atom is -0.343 e. The normalized spacial score (nSPS) is 15.6. The number of benzene rings is 1. The summed E-state index contributed by atoms with van der Waals surface area (Å²) in [6.45, 7) is 2.90.